The van der Waals surface area contributed by atoms with Crippen molar-refractivity contribution in [2.24, 2.45) is 10.8 Å². The molecule has 0 unspecified atom stereocenters. The van der Waals surface area contributed by atoms with Gasteiger partial charge in [-0.3, -0.25) is 4.79 Å². The van der Waals surface area contributed by atoms with Gasteiger partial charge in [-0.05, 0) is 12.1 Å². The van der Waals surface area contributed by atoms with Crippen LogP contribution in [-0.2, 0) is 4.79 Å². The molecule has 7 heteroatoms. The fraction of sp³-hybridized carbons (Fsp3) is 0.111. The van der Waals surface area contributed by atoms with E-state index in [1.54, 1.807) is 18.2 Å². The molecule has 0 radical (unpaired) electrons. The van der Waals surface area contributed by atoms with Gasteiger partial charge in [0.15, 0.2) is 0 Å². The molecule has 0 spiro atoms. The molecule has 4 nitrogen and oxygen atoms in total. The summed E-state index contributed by atoms with van der Waals surface area (Å²) in [5, 5.41) is 4.68. The Hall–Kier alpha value is -0.810. The molecule has 0 aliphatic heterocycles. The Bertz CT molecular complexity index is 396. The molecule has 1 rings (SSSR count). The van der Waals surface area contributed by atoms with Crippen LogP contribution in [0.1, 0.15) is 5.56 Å². The van der Waals surface area contributed by atoms with Gasteiger partial charge in [0.25, 0.3) is 5.91 Å². The van der Waals surface area contributed by atoms with Crippen LogP contribution in [-0.4, -0.2) is 18.7 Å². The summed E-state index contributed by atoms with van der Waals surface area (Å²) < 4.78 is 0. The average molecular weight is 283 g/mol. The number of amides is 1. The number of rotatable bonds is 3. The number of hydrogen-bond acceptors (Lipinski definition) is 3. The lowest BCUT2D eigenvalue weighted by Crippen LogP contribution is -2.26. The van der Waals surface area contributed by atoms with Crippen molar-refractivity contribution in [2.45, 2.75) is 0 Å². The molecule has 0 aromatic heterocycles. The first-order chi connectivity index (χ1) is 7.13. The van der Waals surface area contributed by atoms with Crippen molar-refractivity contribution in [1.29, 1.82) is 0 Å². The van der Waals surface area contributed by atoms with Gasteiger partial charge in [-0.25, -0.2) is 5.43 Å². The van der Waals surface area contributed by atoms with Gasteiger partial charge >= 0.3 is 0 Å². The minimum Gasteiger partial charge on any atom is -0.322 e. The smallest absolute Gasteiger partial charge is 0.253 e. The van der Waals surface area contributed by atoms with E-state index in [0.29, 0.717) is 15.6 Å². The summed E-state index contributed by atoms with van der Waals surface area (Å²) in [6, 6.07) is 4.97. The van der Waals surface area contributed by atoms with E-state index in [1.807, 2.05) is 0 Å². The predicted molar refractivity (Wildman–Crippen MR) is 68.5 cm³/mol. The summed E-state index contributed by atoms with van der Waals surface area (Å²) in [5.41, 5.74) is 7.97. The van der Waals surface area contributed by atoms with Crippen LogP contribution in [0.3, 0.4) is 0 Å². The molecule has 3 N–H and O–H groups in total. The van der Waals surface area contributed by atoms with Crippen LogP contribution in [0.5, 0.6) is 0 Å². The molecule has 0 heterocycles. The van der Waals surface area contributed by atoms with Crippen molar-refractivity contribution in [3.05, 3.63) is 33.8 Å². The van der Waals surface area contributed by atoms with Crippen LogP contribution in [0, 0.1) is 0 Å². The number of carbonyl (C=O) groups excluding carboxylic acids is 1. The Kier molecular flexibility index (Phi) is 7.08. The molecule has 88 valence electrons. The normalized spacial score (nSPS) is 9.94. The standard InChI is InChI=1S/C9H9Cl2N3O.ClH/c10-7-2-1-6(8(11)3-7)5-13-14-9(15)4-12;/h1-3,5H,4,12H2,(H,14,15);1H/b13-5+;. The zero-order valence-electron chi connectivity index (χ0n) is 8.11. The quantitative estimate of drug-likeness (QED) is 0.656. The third-order valence-corrected chi connectivity index (χ3v) is 2.10. The van der Waals surface area contributed by atoms with E-state index >= 15 is 0 Å². The van der Waals surface area contributed by atoms with Gasteiger partial charge in [-0.2, -0.15) is 5.10 Å². The lowest BCUT2D eigenvalue weighted by atomic mass is 10.2. The summed E-state index contributed by atoms with van der Waals surface area (Å²) in [7, 11) is 0. The molecular weight excluding hydrogens is 272 g/mol. The highest BCUT2D eigenvalue weighted by Gasteiger charge is 1.98. The van der Waals surface area contributed by atoms with Crippen LogP contribution in [0.15, 0.2) is 23.3 Å². The van der Waals surface area contributed by atoms with E-state index in [4.69, 9.17) is 28.9 Å². The molecule has 1 aromatic carbocycles. The molecule has 0 bridgehead atoms. The van der Waals surface area contributed by atoms with E-state index in [2.05, 4.69) is 10.5 Å². The molecule has 1 aromatic rings. The molecule has 0 fully saturated rings. The number of carbonyl (C=O) groups is 1. The van der Waals surface area contributed by atoms with E-state index in [9.17, 15) is 4.79 Å². The van der Waals surface area contributed by atoms with Crippen molar-refractivity contribution >= 4 is 47.7 Å². The SMILES string of the molecule is Cl.NCC(=O)N/N=C/c1ccc(Cl)cc1Cl. The first-order valence-corrected chi connectivity index (χ1v) is 4.86. The van der Waals surface area contributed by atoms with Crippen molar-refractivity contribution in [3.8, 4) is 0 Å². The Labute approximate surface area is 109 Å². The molecule has 0 atom stereocenters. The number of hydrazone groups is 1. The zero-order chi connectivity index (χ0) is 11.3. The van der Waals surface area contributed by atoms with Crippen molar-refractivity contribution in [2.75, 3.05) is 6.54 Å². The topological polar surface area (TPSA) is 67.5 Å². The highest BCUT2D eigenvalue weighted by Crippen LogP contribution is 2.19. The van der Waals surface area contributed by atoms with Gasteiger partial charge in [0.2, 0.25) is 0 Å². The van der Waals surface area contributed by atoms with Gasteiger partial charge in [0, 0.05) is 10.6 Å². The van der Waals surface area contributed by atoms with Crippen molar-refractivity contribution < 1.29 is 4.79 Å². The number of nitrogens with one attached hydrogen (secondary N) is 1. The molecule has 16 heavy (non-hydrogen) atoms. The van der Waals surface area contributed by atoms with E-state index in [1.165, 1.54) is 6.21 Å². The van der Waals surface area contributed by atoms with Crippen LogP contribution in [0.2, 0.25) is 10.0 Å². The second-order valence-electron chi connectivity index (χ2n) is 2.66. The highest BCUT2D eigenvalue weighted by molar-refractivity contribution is 6.36. The maximum absolute atomic E-state index is 10.7. The number of hydrogen-bond donors (Lipinski definition) is 2. The van der Waals surface area contributed by atoms with Crippen molar-refractivity contribution in [1.82, 2.24) is 5.43 Å². The minimum absolute atomic E-state index is 0. The molecule has 0 aliphatic rings. The van der Waals surface area contributed by atoms with Crippen LogP contribution < -0.4 is 11.2 Å². The predicted octanol–water partition coefficient (Wildman–Crippen LogP) is 1.82. The second-order valence-corrected chi connectivity index (χ2v) is 3.51. The van der Waals surface area contributed by atoms with Crippen LogP contribution in [0.4, 0.5) is 0 Å². The Morgan fingerprint density at radius 1 is 1.50 bits per heavy atom. The van der Waals surface area contributed by atoms with Gasteiger partial charge in [0.05, 0.1) is 17.8 Å². The highest BCUT2D eigenvalue weighted by atomic mass is 35.5. The maximum Gasteiger partial charge on any atom is 0.253 e. The molecule has 1 amide bonds. The third kappa shape index (κ3) is 4.81. The summed E-state index contributed by atoms with van der Waals surface area (Å²) in [6.07, 6.45) is 1.42. The average Bonchev–Trinajstić information content (AvgIpc) is 2.21. The summed E-state index contributed by atoms with van der Waals surface area (Å²) >= 11 is 11.6. The Morgan fingerprint density at radius 2 is 2.19 bits per heavy atom. The third-order valence-electron chi connectivity index (χ3n) is 1.54. The number of halogens is 3. The minimum atomic E-state index is -0.365. The first kappa shape index (κ1) is 15.2. The van der Waals surface area contributed by atoms with Crippen LogP contribution >= 0.6 is 35.6 Å². The molecular formula is C9H10Cl3N3O. The summed E-state index contributed by atoms with van der Waals surface area (Å²) in [6.45, 7) is -0.105. The van der Waals surface area contributed by atoms with Crippen molar-refractivity contribution in [3.63, 3.8) is 0 Å². The van der Waals surface area contributed by atoms with Crippen LogP contribution in [0.25, 0.3) is 0 Å². The largest absolute Gasteiger partial charge is 0.322 e. The Morgan fingerprint density at radius 3 is 2.75 bits per heavy atom. The van der Waals surface area contributed by atoms with Gasteiger partial charge in [-0.1, -0.05) is 29.3 Å². The number of nitrogens with two attached hydrogens (primary N) is 1. The van der Waals surface area contributed by atoms with Gasteiger partial charge < -0.3 is 5.73 Å². The lowest BCUT2D eigenvalue weighted by molar-refractivity contribution is -0.119. The molecule has 0 saturated carbocycles. The van der Waals surface area contributed by atoms with E-state index < -0.39 is 0 Å². The summed E-state index contributed by atoms with van der Waals surface area (Å²) in [4.78, 5) is 10.7. The van der Waals surface area contributed by atoms with E-state index in [0.717, 1.165) is 0 Å². The Balaban J connectivity index is 0.00000225. The fourth-order valence-corrected chi connectivity index (χ4v) is 1.28. The maximum atomic E-state index is 10.7. The van der Waals surface area contributed by atoms with Gasteiger partial charge in [0.1, 0.15) is 0 Å². The molecule has 0 aliphatic carbocycles. The zero-order valence-corrected chi connectivity index (χ0v) is 10.4. The fourth-order valence-electron chi connectivity index (χ4n) is 0.826. The van der Waals surface area contributed by atoms with E-state index in [-0.39, 0.29) is 24.9 Å². The first-order valence-electron chi connectivity index (χ1n) is 4.10. The molecule has 0 saturated heterocycles. The number of benzene rings is 1. The summed E-state index contributed by atoms with van der Waals surface area (Å²) in [5.74, 6) is -0.365. The monoisotopic (exact) mass is 281 g/mol. The lowest BCUT2D eigenvalue weighted by Gasteiger charge is -1.98. The van der Waals surface area contributed by atoms with Gasteiger partial charge in [-0.15, -0.1) is 12.4 Å². The second kappa shape index (κ2) is 7.46. The number of nitrogens with zero attached hydrogens (tertiary/aromatic N) is 1.